The lowest BCUT2D eigenvalue weighted by atomic mass is 9.93. The van der Waals surface area contributed by atoms with Gasteiger partial charge in [-0.15, -0.1) is 0 Å². The van der Waals surface area contributed by atoms with E-state index in [1.165, 1.54) is 0 Å². The van der Waals surface area contributed by atoms with E-state index < -0.39 is 5.97 Å². The minimum atomic E-state index is -0.767. The van der Waals surface area contributed by atoms with E-state index in [1.54, 1.807) is 29.2 Å². The topological polar surface area (TPSA) is 83.6 Å². The van der Waals surface area contributed by atoms with Crippen LogP contribution in [0.5, 0.6) is 0 Å². The fourth-order valence-electron chi connectivity index (χ4n) is 2.45. The fourth-order valence-corrected chi connectivity index (χ4v) is 2.45. The van der Waals surface area contributed by atoms with Crippen LogP contribution in [-0.2, 0) is 4.79 Å². The molecule has 1 fully saturated rings. The molecule has 0 aromatic heterocycles. The van der Waals surface area contributed by atoms with E-state index in [1.807, 2.05) is 0 Å². The zero-order valence-electron chi connectivity index (χ0n) is 10.7. The molecule has 1 aliphatic rings. The number of carboxylic acid groups (broad SMARTS) is 1. The summed E-state index contributed by atoms with van der Waals surface area (Å²) in [6.07, 6.45) is 1.67. The maximum Gasteiger partial charge on any atom is 0.303 e. The Hall–Kier alpha value is -2.04. The number of para-hydroxylation sites is 1. The van der Waals surface area contributed by atoms with Crippen LogP contribution in [-0.4, -0.2) is 35.0 Å². The molecule has 0 atom stereocenters. The van der Waals surface area contributed by atoms with E-state index in [4.69, 9.17) is 10.8 Å². The largest absolute Gasteiger partial charge is 0.481 e. The second-order valence-corrected chi connectivity index (χ2v) is 4.92. The van der Waals surface area contributed by atoms with Gasteiger partial charge >= 0.3 is 5.97 Å². The lowest BCUT2D eigenvalue weighted by molar-refractivity contribution is -0.138. The molecule has 2 rings (SSSR count). The quantitative estimate of drug-likeness (QED) is 0.810. The summed E-state index contributed by atoms with van der Waals surface area (Å²) < 4.78 is 0. The van der Waals surface area contributed by atoms with Crippen molar-refractivity contribution in [3.63, 3.8) is 0 Å². The minimum absolute atomic E-state index is 0.0631. The van der Waals surface area contributed by atoms with Crippen molar-refractivity contribution in [3.05, 3.63) is 29.8 Å². The van der Waals surface area contributed by atoms with Gasteiger partial charge in [0.25, 0.3) is 5.91 Å². The number of rotatable bonds is 3. The Morgan fingerprint density at radius 1 is 1.26 bits per heavy atom. The molecule has 102 valence electrons. The number of benzene rings is 1. The van der Waals surface area contributed by atoms with Gasteiger partial charge in [0, 0.05) is 25.2 Å². The van der Waals surface area contributed by atoms with Crippen molar-refractivity contribution in [2.75, 3.05) is 18.8 Å². The molecule has 1 saturated heterocycles. The lowest BCUT2D eigenvalue weighted by Gasteiger charge is -2.31. The molecule has 3 N–H and O–H groups in total. The van der Waals surface area contributed by atoms with Gasteiger partial charge in [0.15, 0.2) is 0 Å². The van der Waals surface area contributed by atoms with Gasteiger partial charge in [0.05, 0.1) is 5.56 Å². The number of nitrogens with two attached hydrogens (primary N) is 1. The Kier molecular flexibility index (Phi) is 4.04. The Morgan fingerprint density at radius 3 is 2.47 bits per heavy atom. The number of nitrogens with zero attached hydrogens (tertiary/aromatic N) is 1. The summed E-state index contributed by atoms with van der Waals surface area (Å²) in [5.74, 6) is -0.654. The van der Waals surface area contributed by atoms with Crippen LogP contribution in [0.3, 0.4) is 0 Å². The summed E-state index contributed by atoms with van der Waals surface area (Å²) in [5, 5.41) is 8.76. The Labute approximate surface area is 112 Å². The number of piperidine rings is 1. The van der Waals surface area contributed by atoms with Crippen molar-refractivity contribution in [2.45, 2.75) is 19.3 Å². The van der Waals surface area contributed by atoms with Crippen molar-refractivity contribution in [3.8, 4) is 0 Å². The van der Waals surface area contributed by atoms with Crippen LogP contribution < -0.4 is 5.73 Å². The predicted octanol–water partition coefficient (Wildman–Crippen LogP) is 1.60. The molecule has 1 aromatic carbocycles. The number of likely N-dealkylation sites (tertiary alicyclic amines) is 1. The van der Waals surface area contributed by atoms with Crippen molar-refractivity contribution in [1.82, 2.24) is 4.90 Å². The third-order valence-corrected chi connectivity index (χ3v) is 3.56. The van der Waals surface area contributed by atoms with Crippen LogP contribution in [0.25, 0.3) is 0 Å². The highest BCUT2D eigenvalue weighted by atomic mass is 16.4. The number of carbonyl (C=O) groups excluding carboxylic acids is 1. The molecule has 1 heterocycles. The first kappa shape index (κ1) is 13.4. The molecule has 0 spiro atoms. The molecular formula is C14H18N2O3. The van der Waals surface area contributed by atoms with Crippen LogP contribution >= 0.6 is 0 Å². The zero-order valence-corrected chi connectivity index (χ0v) is 10.7. The standard InChI is InChI=1S/C14H18N2O3/c15-12-4-2-1-3-11(12)14(19)16-7-5-10(6-8-16)9-13(17)18/h1-4,10H,5-9,15H2,(H,17,18). The van der Waals surface area contributed by atoms with Crippen molar-refractivity contribution in [2.24, 2.45) is 5.92 Å². The lowest BCUT2D eigenvalue weighted by Crippen LogP contribution is -2.39. The number of hydrogen-bond donors (Lipinski definition) is 2. The number of hydrogen-bond acceptors (Lipinski definition) is 3. The molecule has 1 amide bonds. The molecule has 1 aliphatic heterocycles. The molecule has 0 aliphatic carbocycles. The third kappa shape index (κ3) is 3.24. The van der Waals surface area contributed by atoms with Crippen LogP contribution in [0.1, 0.15) is 29.6 Å². The second-order valence-electron chi connectivity index (χ2n) is 4.92. The molecule has 19 heavy (non-hydrogen) atoms. The molecule has 0 radical (unpaired) electrons. The van der Waals surface area contributed by atoms with Crippen molar-refractivity contribution >= 4 is 17.6 Å². The average Bonchev–Trinajstić information content (AvgIpc) is 2.39. The Morgan fingerprint density at radius 2 is 1.89 bits per heavy atom. The molecule has 5 nitrogen and oxygen atoms in total. The summed E-state index contributed by atoms with van der Waals surface area (Å²) in [7, 11) is 0. The fraction of sp³-hybridized carbons (Fsp3) is 0.429. The number of carboxylic acids is 1. The monoisotopic (exact) mass is 262 g/mol. The summed E-state index contributed by atoms with van der Waals surface area (Å²) in [6.45, 7) is 1.20. The van der Waals surface area contributed by atoms with Gasteiger partial charge in [-0.05, 0) is 30.9 Å². The smallest absolute Gasteiger partial charge is 0.303 e. The molecule has 0 unspecified atom stereocenters. The van der Waals surface area contributed by atoms with E-state index in [0.29, 0.717) is 24.3 Å². The van der Waals surface area contributed by atoms with Crippen LogP contribution in [0.2, 0.25) is 0 Å². The van der Waals surface area contributed by atoms with Gasteiger partial charge in [0.2, 0.25) is 0 Å². The van der Waals surface area contributed by atoms with Crippen LogP contribution in [0.15, 0.2) is 24.3 Å². The Bertz CT molecular complexity index is 479. The van der Waals surface area contributed by atoms with Crippen molar-refractivity contribution < 1.29 is 14.7 Å². The minimum Gasteiger partial charge on any atom is -0.481 e. The number of carbonyl (C=O) groups is 2. The molecular weight excluding hydrogens is 244 g/mol. The first-order valence-electron chi connectivity index (χ1n) is 6.43. The number of amides is 1. The molecule has 0 bridgehead atoms. The molecule has 0 saturated carbocycles. The highest BCUT2D eigenvalue weighted by Gasteiger charge is 2.25. The first-order valence-corrected chi connectivity index (χ1v) is 6.43. The van der Waals surface area contributed by atoms with E-state index in [2.05, 4.69) is 0 Å². The van der Waals surface area contributed by atoms with Gasteiger partial charge in [0.1, 0.15) is 0 Å². The number of anilines is 1. The van der Waals surface area contributed by atoms with E-state index in [-0.39, 0.29) is 18.2 Å². The molecule has 1 aromatic rings. The van der Waals surface area contributed by atoms with Crippen LogP contribution in [0, 0.1) is 5.92 Å². The molecule has 5 heteroatoms. The number of aliphatic carboxylic acids is 1. The second kappa shape index (κ2) is 5.73. The average molecular weight is 262 g/mol. The summed E-state index contributed by atoms with van der Waals surface area (Å²) >= 11 is 0. The normalized spacial score (nSPS) is 16.3. The Balaban J connectivity index is 1.96. The SMILES string of the molecule is Nc1ccccc1C(=O)N1CCC(CC(=O)O)CC1. The summed E-state index contributed by atoms with van der Waals surface area (Å²) in [4.78, 5) is 24.7. The van der Waals surface area contributed by atoms with Gasteiger partial charge < -0.3 is 15.7 Å². The highest BCUT2D eigenvalue weighted by Crippen LogP contribution is 2.23. The predicted molar refractivity (Wildman–Crippen MR) is 71.7 cm³/mol. The van der Waals surface area contributed by atoms with Gasteiger partial charge in [-0.1, -0.05) is 12.1 Å². The van der Waals surface area contributed by atoms with Crippen molar-refractivity contribution in [1.29, 1.82) is 0 Å². The maximum atomic E-state index is 12.3. The van der Waals surface area contributed by atoms with E-state index >= 15 is 0 Å². The number of nitrogen functional groups attached to an aromatic ring is 1. The zero-order chi connectivity index (χ0) is 13.8. The van der Waals surface area contributed by atoms with E-state index in [0.717, 1.165) is 12.8 Å². The highest BCUT2D eigenvalue weighted by molar-refractivity contribution is 5.99. The maximum absolute atomic E-state index is 12.3. The van der Waals surface area contributed by atoms with Gasteiger partial charge in [-0.25, -0.2) is 0 Å². The van der Waals surface area contributed by atoms with Crippen LogP contribution in [0.4, 0.5) is 5.69 Å². The van der Waals surface area contributed by atoms with E-state index in [9.17, 15) is 9.59 Å². The third-order valence-electron chi connectivity index (χ3n) is 3.56. The van der Waals surface area contributed by atoms with Gasteiger partial charge in [-0.3, -0.25) is 9.59 Å². The van der Waals surface area contributed by atoms with Gasteiger partial charge in [-0.2, -0.15) is 0 Å². The summed E-state index contributed by atoms with van der Waals surface area (Å²) in [6, 6.07) is 7.03. The first-order chi connectivity index (χ1) is 9.08. The summed E-state index contributed by atoms with van der Waals surface area (Å²) in [5.41, 5.74) is 6.81.